The first-order valence-electron chi connectivity index (χ1n) is 7.01. The molecule has 124 valence electrons. The van der Waals surface area contributed by atoms with Gasteiger partial charge in [-0.1, -0.05) is 32.9 Å². The van der Waals surface area contributed by atoms with Crippen molar-refractivity contribution in [3.63, 3.8) is 0 Å². The largest absolute Gasteiger partial charge is 0.416 e. The molecule has 2 aromatic rings. The number of aromatic nitrogens is 3. The molecular formula is C16H18F3N3O. The van der Waals surface area contributed by atoms with E-state index in [1.54, 1.807) is 6.08 Å². The predicted octanol–water partition coefficient (Wildman–Crippen LogP) is 3.70. The smallest absolute Gasteiger partial charge is 0.386 e. The first-order chi connectivity index (χ1) is 10.6. The summed E-state index contributed by atoms with van der Waals surface area (Å²) < 4.78 is 39.2. The lowest BCUT2D eigenvalue weighted by molar-refractivity contribution is -0.137. The molecule has 4 nitrogen and oxygen atoms in total. The molecule has 1 aromatic heterocycles. The molecule has 0 aliphatic heterocycles. The molecule has 7 heteroatoms. The van der Waals surface area contributed by atoms with Gasteiger partial charge in [0, 0.05) is 0 Å². The number of rotatable bonds is 3. The van der Waals surface area contributed by atoms with E-state index in [9.17, 15) is 18.3 Å². The fraction of sp³-hybridized carbons (Fsp3) is 0.375. The van der Waals surface area contributed by atoms with E-state index in [0.717, 1.165) is 12.1 Å². The molecule has 23 heavy (non-hydrogen) atoms. The third-order valence-corrected chi connectivity index (χ3v) is 3.34. The molecule has 2 rings (SSSR count). The van der Waals surface area contributed by atoms with E-state index in [1.165, 1.54) is 29.5 Å². The Balaban J connectivity index is 2.42. The van der Waals surface area contributed by atoms with Gasteiger partial charge < -0.3 is 5.11 Å². The number of alkyl halides is 3. The standard InChI is InChI=1S/C16H18F3N3O/c1-15(2,3)14(23)13(22-10-20-9-21-22)8-11-4-6-12(7-5-11)16(17,18)19/h4-10,14,23H,1-3H3. The van der Waals surface area contributed by atoms with Gasteiger partial charge in [0.25, 0.3) is 0 Å². The van der Waals surface area contributed by atoms with Crippen LogP contribution >= 0.6 is 0 Å². The molecule has 1 aromatic carbocycles. The maximum absolute atomic E-state index is 12.6. The molecule has 1 unspecified atom stereocenters. The molecule has 0 spiro atoms. The van der Waals surface area contributed by atoms with Crippen molar-refractivity contribution in [3.05, 3.63) is 48.0 Å². The van der Waals surface area contributed by atoms with Gasteiger partial charge in [-0.3, -0.25) is 0 Å². The van der Waals surface area contributed by atoms with Crippen molar-refractivity contribution in [2.45, 2.75) is 33.1 Å². The average Bonchev–Trinajstić information content (AvgIpc) is 2.96. The van der Waals surface area contributed by atoms with E-state index in [2.05, 4.69) is 10.1 Å². The van der Waals surface area contributed by atoms with E-state index in [0.29, 0.717) is 11.3 Å². The maximum atomic E-state index is 12.6. The van der Waals surface area contributed by atoms with Gasteiger partial charge in [-0.05, 0) is 29.2 Å². The lowest BCUT2D eigenvalue weighted by Crippen LogP contribution is -2.29. The molecule has 1 N–H and O–H groups in total. The normalized spacial score (nSPS) is 14.8. The van der Waals surface area contributed by atoms with Crippen molar-refractivity contribution >= 4 is 11.8 Å². The third-order valence-electron chi connectivity index (χ3n) is 3.34. The summed E-state index contributed by atoms with van der Waals surface area (Å²) >= 11 is 0. The summed E-state index contributed by atoms with van der Waals surface area (Å²) in [7, 11) is 0. The van der Waals surface area contributed by atoms with Crippen LogP contribution in [0.5, 0.6) is 0 Å². The van der Waals surface area contributed by atoms with Crippen LogP contribution < -0.4 is 0 Å². The summed E-state index contributed by atoms with van der Waals surface area (Å²) in [6.45, 7) is 5.57. The average molecular weight is 325 g/mol. The number of benzene rings is 1. The van der Waals surface area contributed by atoms with E-state index in [-0.39, 0.29) is 0 Å². The van der Waals surface area contributed by atoms with Gasteiger partial charge in [-0.25, -0.2) is 9.67 Å². The molecule has 0 amide bonds. The Morgan fingerprint density at radius 1 is 1.17 bits per heavy atom. The fourth-order valence-corrected chi connectivity index (χ4v) is 1.99. The Hall–Kier alpha value is -2.15. The van der Waals surface area contributed by atoms with E-state index < -0.39 is 23.3 Å². The van der Waals surface area contributed by atoms with Crippen LogP contribution in [0, 0.1) is 5.41 Å². The van der Waals surface area contributed by atoms with Crippen molar-refractivity contribution in [3.8, 4) is 0 Å². The number of nitrogens with zero attached hydrogens (tertiary/aromatic N) is 3. The molecule has 0 fully saturated rings. The lowest BCUT2D eigenvalue weighted by Gasteiger charge is -2.28. The number of hydrogen-bond acceptors (Lipinski definition) is 3. The Morgan fingerprint density at radius 3 is 2.22 bits per heavy atom. The number of halogens is 3. The molecular weight excluding hydrogens is 307 g/mol. The van der Waals surface area contributed by atoms with Crippen LogP contribution in [0.15, 0.2) is 36.9 Å². The molecule has 1 heterocycles. The molecule has 0 aliphatic carbocycles. The van der Waals surface area contributed by atoms with Crippen LogP contribution in [-0.2, 0) is 6.18 Å². The quantitative estimate of drug-likeness (QED) is 0.936. The summed E-state index contributed by atoms with van der Waals surface area (Å²) in [4.78, 5) is 3.85. The minimum Gasteiger partial charge on any atom is -0.386 e. The van der Waals surface area contributed by atoms with Gasteiger partial charge in [-0.15, -0.1) is 0 Å². The van der Waals surface area contributed by atoms with Crippen molar-refractivity contribution in [2.24, 2.45) is 5.41 Å². The van der Waals surface area contributed by atoms with Crippen LogP contribution in [0.1, 0.15) is 31.9 Å². The zero-order valence-corrected chi connectivity index (χ0v) is 13.0. The molecule has 0 radical (unpaired) electrons. The first-order valence-corrected chi connectivity index (χ1v) is 7.01. The van der Waals surface area contributed by atoms with Crippen molar-refractivity contribution in [2.75, 3.05) is 0 Å². The Kier molecular flexibility index (Phi) is 4.61. The van der Waals surface area contributed by atoms with Crippen LogP contribution in [0.2, 0.25) is 0 Å². The highest BCUT2D eigenvalue weighted by molar-refractivity contribution is 5.73. The predicted molar refractivity (Wildman–Crippen MR) is 81.1 cm³/mol. The minimum atomic E-state index is -4.37. The van der Waals surface area contributed by atoms with Gasteiger partial charge in [0.15, 0.2) is 0 Å². The van der Waals surface area contributed by atoms with Gasteiger partial charge in [0.1, 0.15) is 18.8 Å². The maximum Gasteiger partial charge on any atom is 0.416 e. The Bertz CT molecular complexity index is 668. The summed E-state index contributed by atoms with van der Waals surface area (Å²) in [6.07, 6.45) is -0.875. The molecule has 0 bridgehead atoms. The molecule has 0 saturated heterocycles. The second kappa shape index (κ2) is 6.16. The van der Waals surface area contributed by atoms with Gasteiger partial charge in [0.2, 0.25) is 0 Å². The highest BCUT2D eigenvalue weighted by Gasteiger charge is 2.30. The highest BCUT2D eigenvalue weighted by Crippen LogP contribution is 2.31. The zero-order chi connectivity index (χ0) is 17.3. The summed E-state index contributed by atoms with van der Waals surface area (Å²) in [5.41, 5.74) is -0.209. The van der Waals surface area contributed by atoms with Gasteiger partial charge in [-0.2, -0.15) is 18.3 Å². The number of aliphatic hydroxyl groups is 1. The lowest BCUT2D eigenvalue weighted by atomic mass is 9.86. The minimum absolute atomic E-state index is 0.440. The fourth-order valence-electron chi connectivity index (χ4n) is 1.99. The third kappa shape index (κ3) is 4.19. The Labute approximate surface area is 132 Å². The van der Waals surface area contributed by atoms with E-state index >= 15 is 0 Å². The first kappa shape index (κ1) is 17.2. The van der Waals surface area contributed by atoms with Crippen LogP contribution in [0.4, 0.5) is 13.2 Å². The van der Waals surface area contributed by atoms with Crippen molar-refractivity contribution < 1.29 is 18.3 Å². The number of aliphatic hydroxyl groups excluding tert-OH is 1. The van der Waals surface area contributed by atoms with Crippen molar-refractivity contribution in [1.29, 1.82) is 0 Å². The molecule has 0 saturated carbocycles. The second-order valence-corrected chi connectivity index (χ2v) is 6.30. The van der Waals surface area contributed by atoms with E-state index in [4.69, 9.17) is 0 Å². The summed E-state index contributed by atoms with van der Waals surface area (Å²) in [6, 6.07) is 4.73. The summed E-state index contributed by atoms with van der Waals surface area (Å²) in [5.74, 6) is 0. The topological polar surface area (TPSA) is 50.9 Å². The monoisotopic (exact) mass is 325 g/mol. The zero-order valence-electron chi connectivity index (χ0n) is 13.0. The van der Waals surface area contributed by atoms with Crippen molar-refractivity contribution in [1.82, 2.24) is 14.8 Å². The molecule has 0 aliphatic rings. The van der Waals surface area contributed by atoms with E-state index in [1.807, 2.05) is 20.8 Å². The van der Waals surface area contributed by atoms with Crippen LogP contribution in [-0.4, -0.2) is 26.0 Å². The van der Waals surface area contributed by atoms with Gasteiger partial charge >= 0.3 is 6.18 Å². The highest BCUT2D eigenvalue weighted by atomic mass is 19.4. The van der Waals surface area contributed by atoms with Gasteiger partial charge in [0.05, 0.1) is 11.3 Å². The second-order valence-electron chi connectivity index (χ2n) is 6.30. The van der Waals surface area contributed by atoms with Crippen LogP contribution in [0.25, 0.3) is 11.8 Å². The molecule has 1 atom stereocenters. The number of hydrogen-bond donors (Lipinski definition) is 1. The van der Waals surface area contributed by atoms with Crippen LogP contribution in [0.3, 0.4) is 0 Å². The summed E-state index contributed by atoms with van der Waals surface area (Å²) in [5, 5.41) is 14.5. The SMILES string of the molecule is CC(C)(C)C(O)C(=Cc1ccc(C(F)(F)F)cc1)n1cncn1. The Morgan fingerprint density at radius 2 is 1.78 bits per heavy atom.